The lowest BCUT2D eigenvalue weighted by molar-refractivity contribution is -0.183. The van der Waals surface area contributed by atoms with Gasteiger partial charge in [-0.05, 0) is 72.6 Å². The summed E-state index contributed by atoms with van der Waals surface area (Å²) in [5.74, 6) is 1.68. The van der Waals surface area contributed by atoms with Crippen LogP contribution in [0.5, 0.6) is 17.2 Å². The molecule has 1 saturated heterocycles. The van der Waals surface area contributed by atoms with E-state index < -0.39 is 24.2 Å². The summed E-state index contributed by atoms with van der Waals surface area (Å²) < 4.78 is 17.5. The van der Waals surface area contributed by atoms with Gasteiger partial charge in [-0.3, -0.25) is 14.4 Å². The summed E-state index contributed by atoms with van der Waals surface area (Å²) >= 11 is 0. The van der Waals surface area contributed by atoms with E-state index in [0.29, 0.717) is 64.7 Å². The molecule has 2 amide bonds. The number of methoxy groups -OCH3 is 1. The molecule has 11 heteroatoms. The van der Waals surface area contributed by atoms with Crippen molar-refractivity contribution in [1.82, 2.24) is 15.7 Å². The van der Waals surface area contributed by atoms with Crippen molar-refractivity contribution in [3.63, 3.8) is 0 Å². The Balaban J connectivity index is 1.14. The molecule has 5 aliphatic rings. The fraction of sp³-hybridized carbons (Fsp3) is 0.512. The number of carbonyl (C=O) groups is 2. The van der Waals surface area contributed by atoms with Crippen LogP contribution in [0, 0.1) is 29.1 Å². The first kappa shape index (κ1) is 36.2. The summed E-state index contributed by atoms with van der Waals surface area (Å²) in [6.07, 6.45) is 1.13. The van der Waals surface area contributed by atoms with Crippen molar-refractivity contribution in [3.8, 4) is 28.4 Å². The monoisotopic (exact) mass is 713 g/mol. The van der Waals surface area contributed by atoms with Crippen LogP contribution in [0.2, 0.25) is 0 Å². The average molecular weight is 714 g/mol. The molecule has 278 valence electrons. The highest BCUT2D eigenvalue weighted by Crippen LogP contribution is 2.61. The van der Waals surface area contributed by atoms with Gasteiger partial charge < -0.3 is 35.1 Å². The number of hydrogen-bond acceptors (Lipinski definition) is 9. The number of amides is 2. The lowest BCUT2D eigenvalue weighted by Crippen LogP contribution is -2.62. The standard InChI is InChI=1S/C41H51N3O8/c1-23-31-18-28(41(31,3)4)19-32(23)43-40(48)36-35(24(2)46)34(21-45)52-44(36)20-26-12-9-13-29(37(26)49-5)27-16-30(38-33(17-27)50-22-51-38)39(47)42-15-14-25-10-7-6-8-11-25/h6-13,16-17,23-24,28,31-32,34-36,45-46H,14-15,18-22H2,1-5H3,(H,42,47)(H,43,48)/t23-,24-,28?,31-,32-,34-,35-,36-/m0/s1. The van der Waals surface area contributed by atoms with E-state index in [9.17, 15) is 19.8 Å². The van der Waals surface area contributed by atoms with Crippen molar-refractivity contribution in [2.75, 3.05) is 27.1 Å². The third-order valence-electron chi connectivity index (χ3n) is 12.3. The van der Waals surface area contributed by atoms with Crippen LogP contribution in [0.4, 0.5) is 0 Å². The second kappa shape index (κ2) is 14.7. The van der Waals surface area contributed by atoms with Crippen LogP contribution in [0.15, 0.2) is 60.7 Å². The summed E-state index contributed by atoms with van der Waals surface area (Å²) in [6.45, 7) is 8.77. The number of hydroxylamine groups is 2. The zero-order valence-electron chi connectivity index (χ0n) is 30.6. The molecule has 0 radical (unpaired) electrons. The number of carbonyl (C=O) groups excluding carboxylic acids is 2. The first-order valence-electron chi connectivity index (χ1n) is 18.5. The minimum Gasteiger partial charge on any atom is -0.496 e. The molecule has 0 spiro atoms. The Kier molecular flexibility index (Phi) is 10.2. The van der Waals surface area contributed by atoms with Gasteiger partial charge in [0, 0.05) is 29.6 Å². The zero-order chi connectivity index (χ0) is 36.7. The average Bonchev–Trinajstić information content (AvgIpc) is 3.77. The maximum Gasteiger partial charge on any atom is 0.255 e. The number of nitrogens with one attached hydrogen (secondary N) is 2. The normalized spacial score (nSPS) is 27.8. The molecule has 3 saturated carbocycles. The Morgan fingerprint density at radius 1 is 1.08 bits per heavy atom. The molecule has 52 heavy (non-hydrogen) atoms. The Labute approximate surface area is 305 Å². The number of hydrogen-bond donors (Lipinski definition) is 4. The summed E-state index contributed by atoms with van der Waals surface area (Å²) in [5.41, 5.74) is 3.88. The molecule has 4 N–H and O–H groups in total. The van der Waals surface area contributed by atoms with Gasteiger partial charge in [0.1, 0.15) is 17.9 Å². The highest BCUT2D eigenvalue weighted by molar-refractivity contribution is 5.99. The van der Waals surface area contributed by atoms with Gasteiger partial charge in [0.05, 0.1) is 31.9 Å². The predicted octanol–water partition coefficient (Wildman–Crippen LogP) is 4.72. The lowest BCUT2D eigenvalue weighted by atomic mass is 9.45. The van der Waals surface area contributed by atoms with Crippen molar-refractivity contribution in [3.05, 3.63) is 77.4 Å². The Bertz CT molecular complexity index is 1780. The highest BCUT2D eigenvalue weighted by atomic mass is 16.7. The van der Waals surface area contributed by atoms with Gasteiger partial charge in [-0.25, -0.2) is 0 Å². The van der Waals surface area contributed by atoms with E-state index in [0.717, 1.165) is 17.5 Å². The van der Waals surface area contributed by atoms with Crippen molar-refractivity contribution >= 4 is 11.8 Å². The van der Waals surface area contributed by atoms with Gasteiger partial charge >= 0.3 is 0 Å². The molecule has 0 aromatic heterocycles. The number of nitrogens with zero attached hydrogens (tertiary/aromatic N) is 1. The fourth-order valence-corrected chi connectivity index (χ4v) is 9.22. The zero-order valence-corrected chi connectivity index (χ0v) is 30.6. The second-order valence-corrected chi connectivity index (χ2v) is 15.5. The van der Waals surface area contributed by atoms with E-state index in [2.05, 4.69) is 31.4 Å². The first-order chi connectivity index (χ1) is 25.0. The third-order valence-corrected chi connectivity index (χ3v) is 12.3. The molecule has 2 bridgehead atoms. The summed E-state index contributed by atoms with van der Waals surface area (Å²) in [5, 5.41) is 29.2. The van der Waals surface area contributed by atoms with Crippen LogP contribution in [-0.4, -0.2) is 78.4 Å². The van der Waals surface area contributed by atoms with E-state index in [1.807, 2.05) is 54.6 Å². The molecule has 8 rings (SSSR count). The van der Waals surface area contributed by atoms with Crippen LogP contribution < -0.4 is 24.8 Å². The van der Waals surface area contributed by atoms with Crippen LogP contribution in [-0.2, 0) is 22.6 Å². The van der Waals surface area contributed by atoms with Crippen LogP contribution >= 0.6 is 0 Å². The van der Waals surface area contributed by atoms with E-state index in [-0.39, 0.29) is 43.2 Å². The third kappa shape index (κ3) is 6.64. The minimum atomic E-state index is -0.909. The van der Waals surface area contributed by atoms with E-state index >= 15 is 0 Å². The molecule has 1 unspecified atom stereocenters. The molecule has 8 atom stereocenters. The van der Waals surface area contributed by atoms with Gasteiger partial charge in [0.15, 0.2) is 11.5 Å². The van der Waals surface area contributed by atoms with Crippen molar-refractivity contribution in [1.29, 1.82) is 0 Å². The molecular formula is C41H51N3O8. The van der Waals surface area contributed by atoms with Crippen molar-refractivity contribution in [2.24, 2.45) is 29.1 Å². The van der Waals surface area contributed by atoms with Crippen LogP contribution in [0.3, 0.4) is 0 Å². The maximum absolute atomic E-state index is 14.2. The maximum atomic E-state index is 14.2. The Hall–Kier alpha value is -4.16. The molecule has 3 aromatic carbocycles. The fourth-order valence-electron chi connectivity index (χ4n) is 9.22. The molecule has 11 nitrogen and oxygen atoms in total. The smallest absolute Gasteiger partial charge is 0.255 e. The van der Waals surface area contributed by atoms with E-state index in [1.165, 1.54) is 6.42 Å². The molecule has 2 heterocycles. The summed E-state index contributed by atoms with van der Waals surface area (Å²) in [6, 6.07) is 18.4. The van der Waals surface area contributed by atoms with Gasteiger partial charge in [-0.2, -0.15) is 5.06 Å². The van der Waals surface area contributed by atoms with Crippen LogP contribution in [0.25, 0.3) is 11.1 Å². The number of rotatable bonds is 12. The van der Waals surface area contributed by atoms with Gasteiger partial charge in [0.25, 0.3) is 5.91 Å². The van der Waals surface area contributed by atoms with Crippen LogP contribution in [0.1, 0.15) is 62.0 Å². The summed E-state index contributed by atoms with van der Waals surface area (Å²) in [4.78, 5) is 34.0. The van der Waals surface area contributed by atoms with Crippen molar-refractivity contribution in [2.45, 2.75) is 77.8 Å². The Morgan fingerprint density at radius 3 is 2.56 bits per heavy atom. The number of fused-ring (bicyclic) bond motifs is 3. The molecule has 4 fully saturated rings. The van der Waals surface area contributed by atoms with Gasteiger partial charge in [-0.1, -0.05) is 69.3 Å². The molecular weight excluding hydrogens is 662 g/mol. The first-order valence-corrected chi connectivity index (χ1v) is 18.5. The van der Waals surface area contributed by atoms with Gasteiger partial charge in [0.2, 0.25) is 12.7 Å². The number of ether oxygens (including phenoxy) is 3. The summed E-state index contributed by atoms with van der Waals surface area (Å²) in [7, 11) is 1.58. The molecule has 3 aliphatic carbocycles. The minimum absolute atomic E-state index is 0.00515. The van der Waals surface area contributed by atoms with E-state index in [1.54, 1.807) is 25.2 Å². The number of benzene rings is 3. The topological polar surface area (TPSA) is 139 Å². The lowest BCUT2D eigenvalue weighted by Gasteiger charge is -2.62. The molecule has 3 aromatic rings. The number of aliphatic hydroxyl groups is 2. The Morgan fingerprint density at radius 2 is 1.87 bits per heavy atom. The SMILES string of the molecule is COc1c(CN2O[C@@H](CO)[C@H]([C@H](C)O)[C@H]2C(=O)N[C@H]2CC3C[C@@H]([C@@H]2C)C3(C)C)cccc1-c1cc2c(c(C(=O)NCCc3ccccc3)c1)OCO2. The van der Waals surface area contributed by atoms with Gasteiger partial charge in [-0.15, -0.1) is 0 Å². The number of aliphatic hydroxyl groups excluding tert-OH is 2. The molecule has 2 aliphatic heterocycles. The number of para-hydroxylation sites is 1. The quantitative estimate of drug-likeness (QED) is 0.210. The highest BCUT2D eigenvalue weighted by Gasteiger charge is 2.57. The van der Waals surface area contributed by atoms with Crippen molar-refractivity contribution < 1.29 is 38.9 Å². The predicted molar refractivity (Wildman–Crippen MR) is 195 cm³/mol. The second-order valence-electron chi connectivity index (χ2n) is 15.5. The van der Waals surface area contributed by atoms with E-state index in [4.69, 9.17) is 19.0 Å². The largest absolute Gasteiger partial charge is 0.496 e.